The first-order valence-electron chi connectivity index (χ1n) is 12.2. The van der Waals surface area contributed by atoms with E-state index in [1.165, 1.54) is 42.4 Å². The van der Waals surface area contributed by atoms with Gasteiger partial charge in [-0.05, 0) is 73.9 Å². The third-order valence-corrected chi connectivity index (χ3v) is 6.84. The van der Waals surface area contributed by atoms with Crippen LogP contribution in [0.5, 0.6) is 0 Å². The van der Waals surface area contributed by atoms with E-state index in [0.29, 0.717) is 5.92 Å². The van der Waals surface area contributed by atoms with Crippen molar-refractivity contribution < 1.29 is 0 Å². The SMILES string of the molecule is C=C(/C=C1/c2ccc(CC)cc2CCN1C(=C)C)Nc1cccc(NC(=C)C2CCCC2)c1. The number of fused-ring (bicyclic) bond motifs is 1. The molecule has 0 saturated heterocycles. The molecule has 0 amide bonds. The van der Waals surface area contributed by atoms with Gasteiger partial charge in [0.15, 0.2) is 0 Å². The van der Waals surface area contributed by atoms with Crippen LogP contribution in [0.25, 0.3) is 5.70 Å². The van der Waals surface area contributed by atoms with Crippen LogP contribution in [0.1, 0.15) is 56.2 Å². The highest BCUT2D eigenvalue weighted by Gasteiger charge is 2.22. The third-order valence-electron chi connectivity index (χ3n) is 6.84. The Morgan fingerprint density at radius 1 is 1.03 bits per heavy atom. The van der Waals surface area contributed by atoms with E-state index in [9.17, 15) is 0 Å². The molecule has 0 atom stereocenters. The lowest BCUT2D eigenvalue weighted by molar-refractivity contribution is 0.478. The Balaban J connectivity index is 1.52. The van der Waals surface area contributed by atoms with E-state index in [-0.39, 0.29) is 0 Å². The first-order chi connectivity index (χ1) is 15.9. The molecule has 0 spiro atoms. The molecule has 3 heteroatoms. The number of hydrogen-bond acceptors (Lipinski definition) is 3. The van der Waals surface area contributed by atoms with Gasteiger partial charge >= 0.3 is 0 Å². The predicted octanol–water partition coefficient (Wildman–Crippen LogP) is 7.72. The molecule has 33 heavy (non-hydrogen) atoms. The molecular formula is C30H37N3. The molecule has 1 saturated carbocycles. The number of benzene rings is 2. The molecule has 2 aliphatic rings. The fourth-order valence-electron chi connectivity index (χ4n) is 5.00. The molecule has 4 rings (SSSR count). The highest BCUT2D eigenvalue weighted by molar-refractivity contribution is 5.74. The Bertz CT molecular complexity index is 1090. The average Bonchev–Trinajstić information content (AvgIpc) is 3.34. The zero-order valence-corrected chi connectivity index (χ0v) is 20.2. The van der Waals surface area contributed by atoms with Crippen LogP contribution in [0.2, 0.25) is 0 Å². The van der Waals surface area contributed by atoms with Crippen molar-refractivity contribution in [2.45, 2.75) is 52.4 Å². The Morgan fingerprint density at radius 2 is 1.76 bits per heavy atom. The summed E-state index contributed by atoms with van der Waals surface area (Å²) in [6, 6.07) is 15.2. The second-order valence-corrected chi connectivity index (χ2v) is 9.37. The molecular weight excluding hydrogens is 402 g/mol. The van der Waals surface area contributed by atoms with Gasteiger partial charge in [0, 0.05) is 40.6 Å². The highest BCUT2D eigenvalue weighted by Crippen LogP contribution is 2.34. The first kappa shape index (κ1) is 23.0. The summed E-state index contributed by atoms with van der Waals surface area (Å²) in [5.41, 5.74) is 10.3. The van der Waals surface area contributed by atoms with Gasteiger partial charge in [0.2, 0.25) is 0 Å². The van der Waals surface area contributed by atoms with Crippen LogP contribution >= 0.6 is 0 Å². The van der Waals surface area contributed by atoms with E-state index < -0.39 is 0 Å². The lowest BCUT2D eigenvalue weighted by atomic mass is 9.93. The zero-order chi connectivity index (χ0) is 23.4. The molecule has 1 fully saturated rings. The molecule has 0 aromatic heterocycles. The van der Waals surface area contributed by atoms with E-state index in [1.54, 1.807) is 0 Å². The molecule has 3 nitrogen and oxygen atoms in total. The average molecular weight is 440 g/mol. The number of anilines is 2. The molecule has 2 N–H and O–H groups in total. The summed E-state index contributed by atoms with van der Waals surface area (Å²) in [6.07, 6.45) is 9.35. The van der Waals surface area contributed by atoms with Crippen LogP contribution in [-0.2, 0) is 12.8 Å². The summed E-state index contributed by atoms with van der Waals surface area (Å²) in [7, 11) is 0. The minimum Gasteiger partial charge on any atom is -0.359 e. The molecule has 2 aromatic carbocycles. The number of nitrogens with zero attached hydrogens (tertiary/aromatic N) is 1. The maximum absolute atomic E-state index is 4.32. The van der Waals surface area contributed by atoms with Gasteiger partial charge in [0.1, 0.15) is 0 Å². The van der Waals surface area contributed by atoms with Gasteiger partial charge in [0.25, 0.3) is 0 Å². The maximum Gasteiger partial charge on any atom is 0.0505 e. The highest BCUT2D eigenvalue weighted by atomic mass is 15.2. The van der Waals surface area contributed by atoms with Gasteiger partial charge in [-0.3, -0.25) is 0 Å². The van der Waals surface area contributed by atoms with Crippen LogP contribution < -0.4 is 10.6 Å². The van der Waals surface area contributed by atoms with Crippen LogP contribution in [-0.4, -0.2) is 11.4 Å². The van der Waals surface area contributed by atoms with E-state index in [2.05, 4.69) is 97.7 Å². The molecule has 1 aliphatic carbocycles. The van der Waals surface area contributed by atoms with Crippen molar-refractivity contribution in [2.24, 2.45) is 5.92 Å². The molecule has 0 unspecified atom stereocenters. The van der Waals surface area contributed by atoms with Crippen LogP contribution in [0.15, 0.2) is 85.4 Å². The van der Waals surface area contributed by atoms with Crippen molar-refractivity contribution in [1.82, 2.24) is 4.90 Å². The van der Waals surface area contributed by atoms with Gasteiger partial charge in [-0.1, -0.05) is 63.8 Å². The molecule has 0 bridgehead atoms. The first-order valence-corrected chi connectivity index (χ1v) is 12.2. The van der Waals surface area contributed by atoms with Gasteiger partial charge in [0.05, 0.1) is 5.70 Å². The fraction of sp³-hybridized carbons (Fsp3) is 0.333. The number of nitrogens with one attached hydrogen (secondary N) is 2. The number of aryl methyl sites for hydroxylation is 1. The van der Waals surface area contributed by atoms with Gasteiger partial charge in [-0.2, -0.15) is 0 Å². The zero-order valence-electron chi connectivity index (χ0n) is 20.2. The van der Waals surface area contributed by atoms with E-state index in [0.717, 1.165) is 53.5 Å². The van der Waals surface area contributed by atoms with Crippen molar-refractivity contribution in [3.63, 3.8) is 0 Å². The van der Waals surface area contributed by atoms with Gasteiger partial charge in [-0.25, -0.2) is 0 Å². The van der Waals surface area contributed by atoms with Gasteiger partial charge in [-0.15, -0.1) is 0 Å². The quantitative estimate of drug-likeness (QED) is 0.441. The van der Waals surface area contributed by atoms with Gasteiger partial charge < -0.3 is 15.5 Å². The second-order valence-electron chi connectivity index (χ2n) is 9.37. The minimum absolute atomic E-state index is 0.592. The normalized spacial score (nSPS) is 17.0. The Hall–Kier alpha value is -3.20. The van der Waals surface area contributed by atoms with E-state index in [1.807, 2.05) is 0 Å². The smallest absolute Gasteiger partial charge is 0.0505 e. The summed E-state index contributed by atoms with van der Waals surface area (Å²) in [5, 5.41) is 7.01. The predicted molar refractivity (Wildman–Crippen MR) is 143 cm³/mol. The van der Waals surface area contributed by atoms with Crippen LogP contribution in [0.3, 0.4) is 0 Å². The fourth-order valence-corrected chi connectivity index (χ4v) is 5.00. The summed E-state index contributed by atoms with van der Waals surface area (Å²) in [5.74, 6) is 0.592. The maximum atomic E-state index is 4.32. The Morgan fingerprint density at radius 3 is 2.45 bits per heavy atom. The van der Waals surface area contributed by atoms with E-state index in [4.69, 9.17) is 0 Å². The minimum atomic E-state index is 0.592. The second kappa shape index (κ2) is 10.2. The van der Waals surface area contributed by atoms with Crippen molar-refractivity contribution in [1.29, 1.82) is 0 Å². The summed E-state index contributed by atoms with van der Waals surface area (Å²) in [4.78, 5) is 2.30. The molecule has 2 aromatic rings. The standard InChI is InChI=1S/C30H37N3/c1-6-24-14-15-29-26(19-24)16-17-33(21(2)3)30(29)18-22(4)31-27-12-9-13-28(20-27)32-23(5)25-10-7-8-11-25/h9,12-15,18-20,25,31-32H,2,4-8,10-11,16-17H2,1,3H3/b30-18-. The number of hydrogen-bond donors (Lipinski definition) is 2. The summed E-state index contributed by atoms with van der Waals surface area (Å²) in [6.45, 7) is 18.0. The monoisotopic (exact) mass is 439 g/mol. The summed E-state index contributed by atoms with van der Waals surface area (Å²) >= 11 is 0. The number of rotatable bonds is 8. The largest absolute Gasteiger partial charge is 0.359 e. The number of allylic oxidation sites excluding steroid dienone is 3. The lowest BCUT2D eigenvalue weighted by Gasteiger charge is -2.34. The summed E-state index contributed by atoms with van der Waals surface area (Å²) < 4.78 is 0. The van der Waals surface area contributed by atoms with Crippen LogP contribution in [0.4, 0.5) is 11.4 Å². The van der Waals surface area contributed by atoms with Crippen molar-refractivity contribution in [3.8, 4) is 0 Å². The van der Waals surface area contributed by atoms with Crippen molar-refractivity contribution in [2.75, 3.05) is 17.2 Å². The molecule has 1 aliphatic heterocycles. The van der Waals surface area contributed by atoms with Crippen molar-refractivity contribution >= 4 is 17.1 Å². The Kier molecular flexibility index (Phi) is 7.08. The third kappa shape index (κ3) is 5.42. The Labute approximate surface area is 199 Å². The van der Waals surface area contributed by atoms with Crippen LogP contribution in [0, 0.1) is 5.92 Å². The van der Waals surface area contributed by atoms with E-state index >= 15 is 0 Å². The molecule has 1 heterocycles. The van der Waals surface area contributed by atoms with Crippen molar-refractivity contribution in [3.05, 3.63) is 102 Å². The lowest BCUT2D eigenvalue weighted by Crippen LogP contribution is -2.28. The molecule has 0 radical (unpaired) electrons. The molecule has 172 valence electrons. The topological polar surface area (TPSA) is 27.3 Å².